The van der Waals surface area contributed by atoms with E-state index in [1.165, 1.54) is 27.5 Å². The number of hydrogen-bond donors (Lipinski definition) is 0. The molecule has 0 spiro atoms. The Labute approximate surface area is 124 Å². The topological polar surface area (TPSA) is 9.23 Å². The van der Waals surface area contributed by atoms with Gasteiger partial charge in [0.1, 0.15) is 12.4 Å². The second-order valence-electron chi connectivity index (χ2n) is 5.49. The summed E-state index contributed by atoms with van der Waals surface area (Å²) in [5, 5.41) is 2.51. The molecule has 3 aromatic rings. The van der Waals surface area contributed by atoms with Crippen molar-refractivity contribution in [2.45, 2.75) is 13.0 Å². The first-order valence-electron chi connectivity index (χ1n) is 7.22. The molecule has 1 heterocycles. The standard InChI is InChI=1S/C20H16O/c1-14-12-19-18-9-5-2-6-15(18)10-11-20(19)21-13-16-7-3-4-8-17(14)16/h2-11H,1,12-13H2. The van der Waals surface area contributed by atoms with E-state index in [9.17, 15) is 0 Å². The van der Waals surface area contributed by atoms with Crippen LogP contribution in [0.3, 0.4) is 0 Å². The van der Waals surface area contributed by atoms with Crippen LogP contribution in [-0.2, 0) is 13.0 Å². The molecule has 0 amide bonds. The van der Waals surface area contributed by atoms with Crippen molar-refractivity contribution in [2.24, 2.45) is 0 Å². The van der Waals surface area contributed by atoms with Crippen LogP contribution in [0.2, 0.25) is 0 Å². The molecule has 1 aliphatic rings. The Balaban J connectivity index is 1.90. The van der Waals surface area contributed by atoms with Crippen molar-refractivity contribution < 1.29 is 4.74 Å². The van der Waals surface area contributed by atoms with E-state index in [1.54, 1.807) is 0 Å². The molecule has 0 aromatic heterocycles. The predicted octanol–water partition coefficient (Wildman–Crippen LogP) is 4.99. The van der Waals surface area contributed by atoms with Gasteiger partial charge in [0.2, 0.25) is 0 Å². The number of allylic oxidation sites excluding steroid dienone is 1. The summed E-state index contributed by atoms with van der Waals surface area (Å²) in [4.78, 5) is 0. The van der Waals surface area contributed by atoms with Crippen molar-refractivity contribution in [3.8, 4) is 5.75 Å². The average molecular weight is 272 g/mol. The zero-order chi connectivity index (χ0) is 14.2. The Hall–Kier alpha value is -2.54. The maximum absolute atomic E-state index is 6.07. The number of ether oxygens (including phenoxy) is 1. The third-order valence-corrected chi connectivity index (χ3v) is 4.17. The highest BCUT2D eigenvalue weighted by molar-refractivity contribution is 5.89. The number of benzene rings is 3. The third kappa shape index (κ3) is 2.02. The van der Waals surface area contributed by atoms with Gasteiger partial charge in [-0.1, -0.05) is 61.2 Å². The van der Waals surface area contributed by atoms with E-state index >= 15 is 0 Å². The lowest BCUT2D eigenvalue weighted by molar-refractivity contribution is 0.302. The van der Waals surface area contributed by atoms with E-state index in [0.717, 1.165) is 17.7 Å². The first kappa shape index (κ1) is 12.2. The van der Waals surface area contributed by atoms with Gasteiger partial charge in [0, 0.05) is 12.0 Å². The SMILES string of the molecule is C=C1Cc2c(ccc3ccccc23)OCc2ccccc21. The fraction of sp³-hybridized carbons (Fsp3) is 0.100. The second-order valence-corrected chi connectivity index (χ2v) is 5.49. The van der Waals surface area contributed by atoms with Crippen molar-refractivity contribution in [3.63, 3.8) is 0 Å². The summed E-state index contributed by atoms with van der Waals surface area (Å²) in [5.74, 6) is 0.976. The average Bonchev–Trinajstić information content (AvgIpc) is 2.52. The van der Waals surface area contributed by atoms with Gasteiger partial charge in [-0.3, -0.25) is 0 Å². The Morgan fingerprint density at radius 2 is 1.67 bits per heavy atom. The van der Waals surface area contributed by atoms with Crippen LogP contribution in [0.5, 0.6) is 5.75 Å². The fourth-order valence-corrected chi connectivity index (χ4v) is 3.09. The lowest BCUT2D eigenvalue weighted by atomic mass is 9.91. The van der Waals surface area contributed by atoms with E-state index in [1.807, 2.05) is 0 Å². The van der Waals surface area contributed by atoms with Crippen molar-refractivity contribution >= 4 is 16.3 Å². The maximum Gasteiger partial charge on any atom is 0.123 e. The molecule has 0 N–H and O–H groups in total. The van der Waals surface area contributed by atoms with Gasteiger partial charge < -0.3 is 4.74 Å². The van der Waals surface area contributed by atoms with E-state index in [2.05, 4.69) is 67.2 Å². The van der Waals surface area contributed by atoms with Crippen LogP contribution in [0, 0.1) is 0 Å². The molecule has 1 aliphatic heterocycles. The fourth-order valence-electron chi connectivity index (χ4n) is 3.09. The van der Waals surface area contributed by atoms with Crippen molar-refractivity contribution in [1.82, 2.24) is 0 Å². The van der Waals surface area contributed by atoms with Gasteiger partial charge in [-0.25, -0.2) is 0 Å². The molecule has 0 saturated carbocycles. The Kier molecular flexibility index (Phi) is 2.78. The van der Waals surface area contributed by atoms with Gasteiger partial charge in [-0.15, -0.1) is 0 Å². The maximum atomic E-state index is 6.07. The molecule has 3 aromatic carbocycles. The predicted molar refractivity (Wildman–Crippen MR) is 87.5 cm³/mol. The highest BCUT2D eigenvalue weighted by Gasteiger charge is 2.16. The van der Waals surface area contributed by atoms with E-state index in [4.69, 9.17) is 4.74 Å². The van der Waals surface area contributed by atoms with Crippen LogP contribution >= 0.6 is 0 Å². The zero-order valence-corrected chi connectivity index (χ0v) is 11.8. The summed E-state index contributed by atoms with van der Waals surface area (Å²) in [6.45, 7) is 4.91. The molecular formula is C20H16O. The van der Waals surface area contributed by atoms with Crippen LogP contribution in [0.15, 0.2) is 67.2 Å². The summed E-state index contributed by atoms with van der Waals surface area (Å²) < 4.78 is 6.07. The highest BCUT2D eigenvalue weighted by Crippen LogP contribution is 2.35. The molecule has 1 heteroatoms. The monoisotopic (exact) mass is 272 g/mol. The van der Waals surface area contributed by atoms with Gasteiger partial charge >= 0.3 is 0 Å². The van der Waals surface area contributed by atoms with E-state index < -0.39 is 0 Å². The van der Waals surface area contributed by atoms with E-state index in [-0.39, 0.29) is 0 Å². The minimum atomic E-state index is 0.598. The quantitative estimate of drug-likeness (QED) is 0.560. The molecule has 0 radical (unpaired) electrons. The molecule has 102 valence electrons. The summed E-state index contributed by atoms with van der Waals surface area (Å²) >= 11 is 0. The second kappa shape index (κ2) is 4.78. The third-order valence-electron chi connectivity index (χ3n) is 4.17. The first-order chi connectivity index (χ1) is 10.3. The van der Waals surface area contributed by atoms with Crippen LogP contribution in [-0.4, -0.2) is 0 Å². The van der Waals surface area contributed by atoms with Crippen LogP contribution in [0.4, 0.5) is 0 Å². The smallest absolute Gasteiger partial charge is 0.123 e. The molecule has 0 bridgehead atoms. The molecule has 0 unspecified atom stereocenters. The molecule has 0 saturated heterocycles. The number of fused-ring (bicyclic) bond motifs is 4. The number of rotatable bonds is 0. The molecule has 0 fully saturated rings. The molecule has 0 aliphatic carbocycles. The largest absolute Gasteiger partial charge is 0.489 e. The van der Waals surface area contributed by atoms with Crippen molar-refractivity contribution in [1.29, 1.82) is 0 Å². The van der Waals surface area contributed by atoms with Crippen molar-refractivity contribution in [3.05, 3.63) is 83.9 Å². The zero-order valence-electron chi connectivity index (χ0n) is 11.8. The lowest BCUT2D eigenvalue weighted by Crippen LogP contribution is -2.07. The van der Waals surface area contributed by atoms with Gasteiger partial charge in [0.05, 0.1) is 0 Å². The summed E-state index contributed by atoms with van der Waals surface area (Å²) in [7, 11) is 0. The molecule has 1 nitrogen and oxygen atoms in total. The molecule has 0 atom stereocenters. The van der Waals surface area contributed by atoms with Gasteiger partial charge in [0.15, 0.2) is 0 Å². The minimum absolute atomic E-state index is 0.598. The molecule has 4 rings (SSSR count). The van der Waals surface area contributed by atoms with Gasteiger partial charge in [-0.2, -0.15) is 0 Å². The summed E-state index contributed by atoms with van der Waals surface area (Å²) in [6, 6.07) is 21.0. The van der Waals surface area contributed by atoms with Crippen molar-refractivity contribution in [2.75, 3.05) is 0 Å². The highest BCUT2D eigenvalue weighted by atomic mass is 16.5. The summed E-state index contributed by atoms with van der Waals surface area (Å²) in [5.41, 5.74) is 4.83. The van der Waals surface area contributed by atoms with Crippen LogP contribution in [0.25, 0.3) is 16.3 Å². The Morgan fingerprint density at radius 1 is 0.857 bits per heavy atom. The minimum Gasteiger partial charge on any atom is -0.489 e. The Bertz CT molecular complexity index is 845. The van der Waals surface area contributed by atoms with Crippen LogP contribution < -0.4 is 4.74 Å². The normalized spacial score (nSPS) is 13.8. The summed E-state index contributed by atoms with van der Waals surface area (Å²) in [6.07, 6.45) is 0.827. The van der Waals surface area contributed by atoms with Gasteiger partial charge in [-0.05, 0) is 33.5 Å². The molecule has 21 heavy (non-hydrogen) atoms. The Morgan fingerprint density at radius 3 is 2.62 bits per heavy atom. The van der Waals surface area contributed by atoms with Crippen LogP contribution in [0.1, 0.15) is 16.7 Å². The van der Waals surface area contributed by atoms with E-state index in [0.29, 0.717) is 6.61 Å². The first-order valence-corrected chi connectivity index (χ1v) is 7.22. The van der Waals surface area contributed by atoms with Gasteiger partial charge in [0.25, 0.3) is 0 Å². The number of hydrogen-bond acceptors (Lipinski definition) is 1. The lowest BCUT2D eigenvalue weighted by Gasteiger charge is -2.21. The molecular weight excluding hydrogens is 256 g/mol.